The third-order valence-electron chi connectivity index (χ3n) is 3.67. The molecule has 0 radical (unpaired) electrons. The Morgan fingerprint density at radius 3 is 1.30 bits per heavy atom. The van der Waals surface area contributed by atoms with Crippen LogP contribution in [0.15, 0.2) is 42.5 Å². The van der Waals surface area contributed by atoms with Crippen molar-refractivity contribution in [2.24, 2.45) is 0 Å². The number of hydrogen-bond donors (Lipinski definition) is 7. The highest BCUT2D eigenvalue weighted by Gasteiger charge is 2.18. The number of benzene rings is 2. The van der Waals surface area contributed by atoms with Gasteiger partial charge in [-0.05, 0) is 36.4 Å². The zero-order valence-electron chi connectivity index (χ0n) is 16.2. The van der Waals surface area contributed by atoms with Gasteiger partial charge in [0.2, 0.25) is 0 Å². The molecule has 0 unspecified atom stereocenters. The molecule has 0 aliphatic rings. The van der Waals surface area contributed by atoms with E-state index < -0.39 is 41.5 Å². The number of carbonyl (C=O) groups is 7. The fourth-order valence-electron chi connectivity index (χ4n) is 2.33. The highest BCUT2D eigenvalue weighted by molar-refractivity contribution is 6.37. The third kappa shape index (κ3) is 6.88. The molecule has 2 rings (SSSR count). The van der Waals surface area contributed by atoms with Crippen molar-refractivity contribution < 1.29 is 48.9 Å². The van der Waals surface area contributed by atoms with Gasteiger partial charge in [0.05, 0.1) is 0 Å². The molecule has 0 saturated carbocycles. The van der Waals surface area contributed by atoms with Crippen LogP contribution in [0.25, 0.3) is 0 Å². The molecule has 0 atom stereocenters. The first-order valence-electron chi connectivity index (χ1n) is 8.65. The summed E-state index contributed by atoms with van der Waals surface area (Å²) in [6, 6.07) is 8.54. The molecule has 14 heteroatoms. The monoisotopic (exact) mass is 458 g/mol. The third-order valence-corrected chi connectivity index (χ3v) is 3.67. The highest BCUT2D eigenvalue weighted by Crippen LogP contribution is 2.22. The van der Waals surface area contributed by atoms with E-state index in [1.807, 2.05) is 10.6 Å². The number of rotatable bonds is 5. The number of hydrogen-bond acceptors (Lipinski definition) is 7. The summed E-state index contributed by atoms with van der Waals surface area (Å²) in [5.74, 6) is -10.4. The Balaban J connectivity index is 2.32. The number of aliphatic carboxylic acids is 3. The average molecular weight is 458 g/mol. The van der Waals surface area contributed by atoms with Crippen molar-refractivity contribution >= 4 is 64.3 Å². The summed E-state index contributed by atoms with van der Waals surface area (Å²) in [4.78, 5) is 78.9. The van der Waals surface area contributed by atoms with Crippen LogP contribution in [0, 0.1) is 0 Å². The van der Waals surface area contributed by atoms with E-state index in [0.717, 1.165) is 18.2 Å². The van der Waals surface area contributed by atoms with Crippen LogP contribution in [0.1, 0.15) is 10.4 Å². The fraction of sp³-hybridized carbons (Fsp3) is 0. The van der Waals surface area contributed by atoms with Crippen LogP contribution in [-0.2, 0) is 28.8 Å². The van der Waals surface area contributed by atoms with Gasteiger partial charge in [-0.3, -0.25) is 19.2 Å². The van der Waals surface area contributed by atoms with Crippen LogP contribution in [0.3, 0.4) is 0 Å². The molecule has 7 N–H and O–H groups in total. The molecular formula is C19H14N4O10. The van der Waals surface area contributed by atoms with Gasteiger partial charge in [0.25, 0.3) is 5.91 Å². The number of amides is 4. The molecule has 0 saturated heterocycles. The predicted octanol–water partition coefficient (Wildman–Crippen LogP) is 0.00820. The summed E-state index contributed by atoms with van der Waals surface area (Å²) in [5, 5.41) is 34.5. The molecule has 0 spiro atoms. The Morgan fingerprint density at radius 1 is 0.515 bits per heavy atom. The minimum absolute atomic E-state index is 0.0529. The van der Waals surface area contributed by atoms with Gasteiger partial charge in [-0.2, -0.15) is 0 Å². The first-order chi connectivity index (χ1) is 15.5. The van der Waals surface area contributed by atoms with E-state index in [2.05, 4.69) is 10.6 Å². The molecule has 0 bridgehead atoms. The summed E-state index contributed by atoms with van der Waals surface area (Å²) >= 11 is 0. The molecule has 14 nitrogen and oxygen atoms in total. The Morgan fingerprint density at radius 2 is 0.879 bits per heavy atom. The summed E-state index contributed by atoms with van der Waals surface area (Å²) in [6.45, 7) is 0. The van der Waals surface area contributed by atoms with Crippen LogP contribution in [0.5, 0.6) is 0 Å². The number of carboxylic acid groups (broad SMARTS) is 3. The van der Waals surface area contributed by atoms with Crippen LogP contribution in [-0.4, -0.2) is 56.9 Å². The van der Waals surface area contributed by atoms with E-state index in [-0.39, 0.29) is 28.3 Å². The largest absolute Gasteiger partial charge is 0.474 e. The summed E-state index contributed by atoms with van der Waals surface area (Å²) < 4.78 is 0. The van der Waals surface area contributed by atoms with Gasteiger partial charge in [-0.25, -0.2) is 14.4 Å². The molecule has 33 heavy (non-hydrogen) atoms. The topological polar surface area (TPSA) is 228 Å². The normalized spacial score (nSPS) is 9.82. The van der Waals surface area contributed by atoms with Crippen molar-refractivity contribution in [1.29, 1.82) is 0 Å². The van der Waals surface area contributed by atoms with E-state index in [4.69, 9.17) is 15.3 Å². The quantitative estimate of drug-likeness (QED) is 0.297. The molecule has 2 aromatic rings. The molecule has 0 heterocycles. The molecule has 0 aromatic heterocycles. The zero-order valence-corrected chi connectivity index (χ0v) is 16.2. The average Bonchev–Trinajstić information content (AvgIpc) is 2.73. The van der Waals surface area contributed by atoms with Crippen LogP contribution in [0.2, 0.25) is 0 Å². The van der Waals surface area contributed by atoms with Gasteiger partial charge < -0.3 is 36.6 Å². The van der Waals surface area contributed by atoms with Gasteiger partial charge in [0.15, 0.2) is 0 Å². The first-order valence-corrected chi connectivity index (χ1v) is 8.65. The Kier molecular flexibility index (Phi) is 7.39. The summed E-state index contributed by atoms with van der Waals surface area (Å²) in [6.07, 6.45) is 0. The Hall–Kier alpha value is -5.27. The number of anilines is 4. The van der Waals surface area contributed by atoms with Gasteiger partial charge in [0.1, 0.15) is 0 Å². The first kappa shape index (κ1) is 24.0. The van der Waals surface area contributed by atoms with E-state index in [9.17, 15) is 33.6 Å². The zero-order chi connectivity index (χ0) is 24.7. The standard InChI is InChI=1S/C19H14N4O10/c24-13(20-9-2-1-3-10(6-9)21-14(25)17(28)29)8-4-11(22-15(26)18(30)31)7-12(5-8)23-16(27)19(32)33/h1-7H,(H,20,24)(H,21,25)(H,22,26)(H,23,27)(H,28,29)(H,30,31)(H,32,33). The van der Waals surface area contributed by atoms with Crippen LogP contribution >= 0.6 is 0 Å². The SMILES string of the molecule is O=C(O)C(=O)Nc1cccc(NC(=O)c2cc(NC(=O)C(=O)O)cc(NC(=O)C(=O)O)c2)c1. The second kappa shape index (κ2) is 10.2. The molecule has 0 aliphatic carbocycles. The maximum absolute atomic E-state index is 12.6. The smallest absolute Gasteiger partial charge is 0.394 e. The van der Waals surface area contributed by atoms with Crippen LogP contribution < -0.4 is 21.3 Å². The van der Waals surface area contributed by atoms with Crippen molar-refractivity contribution in [3.05, 3.63) is 48.0 Å². The van der Waals surface area contributed by atoms with Crippen molar-refractivity contribution in [2.45, 2.75) is 0 Å². The fourth-order valence-corrected chi connectivity index (χ4v) is 2.33. The molecule has 0 fully saturated rings. The lowest BCUT2D eigenvalue weighted by Gasteiger charge is -2.12. The lowest BCUT2D eigenvalue weighted by Crippen LogP contribution is -2.24. The van der Waals surface area contributed by atoms with Gasteiger partial charge in [0, 0.05) is 28.3 Å². The van der Waals surface area contributed by atoms with E-state index >= 15 is 0 Å². The van der Waals surface area contributed by atoms with Crippen molar-refractivity contribution in [3.8, 4) is 0 Å². The van der Waals surface area contributed by atoms with Gasteiger partial charge in [-0.15, -0.1) is 0 Å². The molecule has 2 aromatic carbocycles. The highest BCUT2D eigenvalue weighted by atomic mass is 16.4. The molecule has 0 aliphatic heterocycles. The maximum Gasteiger partial charge on any atom is 0.394 e. The van der Waals surface area contributed by atoms with Crippen molar-refractivity contribution in [1.82, 2.24) is 0 Å². The lowest BCUT2D eigenvalue weighted by atomic mass is 10.1. The van der Waals surface area contributed by atoms with Gasteiger partial charge in [-0.1, -0.05) is 6.07 Å². The number of carboxylic acids is 3. The van der Waals surface area contributed by atoms with E-state index in [1.165, 1.54) is 24.3 Å². The Bertz CT molecular complexity index is 1140. The number of carbonyl (C=O) groups excluding carboxylic acids is 4. The number of nitrogens with one attached hydrogen (secondary N) is 4. The molecular weight excluding hydrogens is 444 g/mol. The lowest BCUT2D eigenvalue weighted by molar-refractivity contribution is -0.147. The predicted molar refractivity (Wildman–Crippen MR) is 110 cm³/mol. The second-order valence-electron chi connectivity index (χ2n) is 6.11. The van der Waals surface area contributed by atoms with E-state index in [0.29, 0.717) is 0 Å². The Labute approximate surface area is 183 Å². The maximum atomic E-state index is 12.6. The van der Waals surface area contributed by atoms with Crippen molar-refractivity contribution in [3.63, 3.8) is 0 Å². The minimum Gasteiger partial charge on any atom is -0.474 e. The minimum atomic E-state index is -1.83. The summed E-state index contributed by atoms with van der Waals surface area (Å²) in [5.41, 5.74) is -0.536. The molecule has 4 amide bonds. The van der Waals surface area contributed by atoms with Crippen LogP contribution in [0.4, 0.5) is 22.7 Å². The van der Waals surface area contributed by atoms with Gasteiger partial charge >= 0.3 is 35.6 Å². The van der Waals surface area contributed by atoms with Crippen molar-refractivity contribution in [2.75, 3.05) is 21.3 Å². The van der Waals surface area contributed by atoms with E-state index in [1.54, 1.807) is 0 Å². The summed E-state index contributed by atoms with van der Waals surface area (Å²) in [7, 11) is 0. The second-order valence-corrected chi connectivity index (χ2v) is 6.11. The molecule has 170 valence electrons.